The van der Waals surface area contributed by atoms with E-state index in [-0.39, 0.29) is 30.1 Å². The van der Waals surface area contributed by atoms with E-state index in [1.807, 2.05) is 6.92 Å². The molecule has 1 fully saturated rings. The number of guanidine groups is 1. The van der Waals surface area contributed by atoms with Crippen molar-refractivity contribution in [3.63, 3.8) is 0 Å². The van der Waals surface area contributed by atoms with E-state index < -0.39 is 0 Å². The van der Waals surface area contributed by atoms with Gasteiger partial charge in [-0.15, -0.1) is 35.3 Å². The molecule has 2 aromatic rings. The van der Waals surface area contributed by atoms with Crippen molar-refractivity contribution in [1.82, 2.24) is 20.1 Å². The SMILES string of the molecule is CCNC(=NCc1ccc(CN2CCCC2)cc1)N(C)Cc1csc(C(C)OC)n1.I. The molecule has 1 atom stereocenters. The molecular weight excluding hydrogens is 521 g/mol. The zero-order valence-electron chi connectivity index (χ0n) is 19.1. The average Bonchev–Trinajstić information content (AvgIpc) is 3.44. The van der Waals surface area contributed by atoms with Crippen molar-refractivity contribution >= 4 is 41.3 Å². The summed E-state index contributed by atoms with van der Waals surface area (Å²) in [5, 5.41) is 6.51. The lowest BCUT2D eigenvalue weighted by Crippen LogP contribution is -2.38. The number of methoxy groups -OCH3 is 1. The maximum atomic E-state index is 5.37. The fourth-order valence-electron chi connectivity index (χ4n) is 3.59. The molecule has 0 radical (unpaired) electrons. The highest BCUT2D eigenvalue weighted by Crippen LogP contribution is 2.21. The molecule has 172 valence electrons. The van der Waals surface area contributed by atoms with E-state index in [0.717, 1.165) is 29.8 Å². The molecule has 31 heavy (non-hydrogen) atoms. The number of aromatic nitrogens is 1. The molecular formula is C23H36IN5OS. The van der Waals surface area contributed by atoms with Gasteiger partial charge in [0.2, 0.25) is 0 Å². The Labute approximate surface area is 208 Å². The molecule has 6 nitrogen and oxygen atoms in total. The van der Waals surface area contributed by atoms with Gasteiger partial charge in [-0.1, -0.05) is 24.3 Å². The molecule has 1 aliphatic rings. The van der Waals surface area contributed by atoms with Crippen molar-refractivity contribution in [2.75, 3.05) is 33.8 Å². The van der Waals surface area contributed by atoms with Gasteiger partial charge in [0.25, 0.3) is 0 Å². The summed E-state index contributed by atoms with van der Waals surface area (Å²) < 4.78 is 5.37. The number of nitrogens with zero attached hydrogens (tertiary/aromatic N) is 4. The van der Waals surface area contributed by atoms with Crippen molar-refractivity contribution in [2.24, 2.45) is 4.99 Å². The van der Waals surface area contributed by atoms with Gasteiger partial charge in [0.15, 0.2) is 5.96 Å². The van der Waals surface area contributed by atoms with Crippen LogP contribution in [0.3, 0.4) is 0 Å². The summed E-state index contributed by atoms with van der Waals surface area (Å²) >= 11 is 1.65. The second-order valence-electron chi connectivity index (χ2n) is 7.88. The first-order chi connectivity index (χ1) is 14.6. The third kappa shape index (κ3) is 8.00. The molecule has 3 rings (SSSR count). The first-order valence-electron chi connectivity index (χ1n) is 10.9. The normalized spacial score (nSPS) is 15.5. The van der Waals surface area contributed by atoms with Gasteiger partial charge in [-0.2, -0.15) is 0 Å². The van der Waals surface area contributed by atoms with Gasteiger partial charge >= 0.3 is 0 Å². The third-order valence-electron chi connectivity index (χ3n) is 5.41. The highest BCUT2D eigenvalue weighted by atomic mass is 127. The number of nitrogens with one attached hydrogen (secondary N) is 1. The smallest absolute Gasteiger partial charge is 0.194 e. The van der Waals surface area contributed by atoms with E-state index in [4.69, 9.17) is 14.7 Å². The number of ether oxygens (including phenoxy) is 1. The highest BCUT2D eigenvalue weighted by molar-refractivity contribution is 14.0. The van der Waals surface area contributed by atoms with Crippen molar-refractivity contribution < 1.29 is 4.74 Å². The van der Waals surface area contributed by atoms with Crippen LogP contribution in [0, 0.1) is 0 Å². The summed E-state index contributed by atoms with van der Waals surface area (Å²) in [6.07, 6.45) is 2.70. The molecule has 0 bridgehead atoms. The largest absolute Gasteiger partial charge is 0.375 e. The van der Waals surface area contributed by atoms with E-state index in [0.29, 0.717) is 13.1 Å². The van der Waals surface area contributed by atoms with Crippen LogP contribution in [0.4, 0.5) is 0 Å². The van der Waals surface area contributed by atoms with Crippen molar-refractivity contribution in [3.05, 3.63) is 51.5 Å². The van der Waals surface area contributed by atoms with E-state index in [1.54, 1.807) is 18.4 Å². The molecule has 0 saturated carbocycles. The van der Waals surface area contributed by atoms with Crippen LogP contribution in [0.25, 0.3) is 0 Å². The van der Waals surface area contributed by atoms with E-state index in [2.05, 4.69) is 58.7 Å². The second kappa shape index (κ2) is 13.3. The van der Waals surface area contributed by atoms with E-state index in [9.17, 15) is 0 Å². The van der Waals surface area contributed by atoms with E-state index >= 15 is 0 Å². The molecule has 0 spiro atoms. The minimum atomic E-state index is 0. The first kappa shape index (κ1) is 26.0. The second-order valence-corrected chi connectivity index (χ2v) is 8.77. The van der Waals surface area contributed by atoms with Gasteiger partial charge < -0.3 is 15.0 Å². The van der Waals surface area contributed by atoms with Crippen LogP contribution in [0.2, 0.25) is 0 Å². The summed E-state index contributed by atoms with van der Waals surface area (Å²) in [6.45, 7) is 9.86. The summed E-state index contributed by atoms with van der Waals surface area (Å²) in [5.74, 6) is 0.896. The summed E-state index contributed by atoms with van der Waals surface area (Å²) in [4.78, 5) is 14.2. The Hall–Kier alpha value is -1.23. The lowest BCUT2D eigenvalue weighted by atomic mass is 10.1. The van der Waals surface area contributed by atoms with Gasteiger partial charge in [0.05, 0.1) is 18.8 Å². The Balaban J connectivity index is 0.00000341. The average molecular weight is 558 g/mol. The number of thiazole rings is 1. The van der Waals surface area contributed by atoms with Crippen molar-refractivity contribution in [2.45, 2.75) is 52.4 Å². The van der Waals surface area contributed by atoms with Crippen LogP contribution in [0.15, 0.2) is 34.6 Å². The minimum Gasteiger partial charge on any atom is -0.375 e. The number of rotatable bonds is 9. The summed E-state index contributed by atoms with van der Waals surface area (Å²) in [6, 6.07) is 8.90. The quantitative estimate of drug-likeness (QED) is 0.276. The van der Waals surface area contributed by atoms with Crippen LogP contribution < -0.4 is 5.32 Å². The minimum absolute atomic E-state index is 0. The predicted octanol–water partition coefficient (Wildman–Crippen LogP) is 4.66. The molecule has 1 N–H and O–H groups in total. The van der Waals surface area contributed by atoms with Crippen LogP contribution in [0.5, 0.6) is 0 Å². The van der Waals surface area contributed by atoms with Crippen LogP contribution in [-0.2, 0) is 24.4 Å². The molecule has 1 unspecified atom stereocenters. The van der Waals surface area contributed by atoms with Crippen LogP contribution in [-0.4, -0.2) is 54.5 Å². The Kier molecular flexibility index (Phi) is 11.2. The molecule has 1 aliphatic heterocycles. The molecule has 0 amide bonds. The maximum Gasteiger partial charge on any atom is 0.194 e. The van der Waals surface area contributed by atoms with Crippen molar-refractivity contribution in [1.29, 1.82) is 0 Å². The first-order valence-corrected chi connectivity index (χ1v) is 11.7. The van der Waals surface area contributed by atoms with E-state index in [1.165, 1.54) is 37.1 Å². The third-order valence-corrected chi connectivity index (χ3v) is 6.46. The number of hydrogen-bond acceptors (Lipinski definition) is 5. The number of hydrogen-bond donors (Lipinski definition) is 1. The monoisotopic (exact) mass is 557 g/mol. The van der Waals surface area contributed by atoms with Crippen molar-refractivity contribution in [3.8, 4) is 0 Å². The van der Waals surface area contributed by atoms with Gasteiger partial charge in [-0.3, -0.25) is 4.90 Å². The number of aliphatic imine (C=N–C) groups is 1. The standard InChI is InChI=1S/C23H35N5OS.HI/c1-5-24-23(27(3)16-21-17-30-22(26-21)18(2)29-4)25-14-19-8-10-20(11-9-19)15-28-12-6-7-13-28;/h8-11,17-18H,5-7,12-16H2,1-4H3,(H,24,25);1H. The van der Waals surface area contributed by atoms with Gasteiger partial charge in [0.1, 0.15) is 11.1 Å². The summed E-state index contributed by atoms with van der Waals surface area (Å²) in [5.41, 5.74) is 3.66. The zero-order chi connectivity index (χ0) is 21.3. The number of halogens is 1. The fourth-order valence-corrected chi connectivity index (χ4v) is 4.43. The van der Waals surface area contributed by atoms with Crippen LogP contribution in [0.1, 0.15) is 54.6 Å². The Bertz CT molecular complexity index is 805. The topological polar surface area (TPSA) is 53.0 Å². The highest BCUT2D eigenvalue weighted by Gasteiger charge is 2.13. The summed E-state index contributed by atoms with van der Waals surface area (Å²) in [7, 11) is 3.77. The molecule has 1 saturated heterocycles. The lowest BCUT2D eigenvalue weighted by molar-refractivity contribution is 0.119. The Morgan fingerprint density at radius 2 is 1.94 bits per heavy atom. The fraction of sp³-hybridized carbons (Fsp3) is 0.565. The molecule has 8 heteroatoms. The van der Waals surface area contributed by atoms with Crippen LogP contribution >= 0.6 is 35.3 Å². The zero-order valence-corrected chi connectivity index (χ0v) is 22.3. The molecule has 0 aliphatic carbocycles. The Morgan fingerprint density at radius 1 is 1.26 bits per heavy atom. The molecule has 2 heterocycles. The molecule has 1 aromatic heterocycles. The lowest BCUT2D eigenvalue weighted by Gasteiger charge is -2.21. The predicted molar refractivity (Wildman–Crippen MR) is 140 cm³/mol. The Morgan fingerprint density at radius 3 is 2.58 bits per heavy atom. The van der Waals surface area contributed by atoms with Gasteiger partial charge in [0, 0.05) is 32.6 Å². The van der Waals surface area contributed by atoms with Gasteiger partial charge in [-0.25, -0.2) is 9.98 Å². The molecule has 1 aromatic carbocycles. The number of likely N-dealkylation sites (tertiary alicyclic amines) is 1. The maximum absolute atomic E-state index is 5.37. The number of benzene rings is 1. The van der Waals surface area contributed by atoms with Gasteiger partial charge in [-0.05, 0) is 50.9 Å².